The Morgan fingerprint density at radius 1 is 1.47 bits per heavy atom. The van der Waals surface area contributed by atoms with E-state index in [1.165, 1.54) is 0 Å². The minimum Gasteiger partial charge on any atom is -0.396 e. The van der Waals surface area contributed by atoms with Crippen LogP contribution in [-0.4, -0.2) is 32.7 Å². The summed E-state index contributed by atoms with van der Waals surface area (Å²) < 4.78 is 24.8. The molecule has 0 aliphatic heterocycles. The van der Waals surface area contributed by atoms with Crippen molar-refractivity contribution in [3.05, 3.63) is 16.7 Å². The summed E-state index contributed by atoms with van der Waals surface area (Å²) in [6.45, 7) is 0.990. The highest BCUT2D eigenvalue weighted by molar-refractivity contribution is 9.10. The third-order valence-electron chi connectivity index (χ3n) is 1.89. The zero-order chi connectivity index (χ0) is 12.9. The molecule has 0 unspecified atom stereocenters. The molecule has 0 saturated heterocycles. The van der Waals surface area contributed by atoms with Crippen molar-refractivity contribution in [3.8, 4) is 0 Å². The van der Waals surface area contributed by atoms with E-state index in [4.69, 9.17) is 5.73 Å². The number of aromatic nitrogens is 1. The Morgan fingerprint density at radius 3 is 2.76 bits per heavy atom. The van der Waals surface area contributed by atoms with Gasteiger partial charge in [0.1, 0.15) is 5.82 Å². The van der Waals surface area contributed by atoms with Crippen molar-refractivity contribution in [3.63, 3.8) is 0 Å². The van der Waals surface area contributed by atoms with Crippen LogP contribution in [0.3, 0.4) is 0 Å². The molecule has 0 fully saturated rings. The van der Waals surface area contributed by atoms with Crippen LogP contribution < -0.4 is 15.8 Å². The second-order valence-electron chi connectivity index (χ2n) is 3.54. The number of nitrogens with one attached hydrogen (secondary N) is 2. The molecule has 0 aliphatic rings. The van der Waals surface area contributed by atoms with Gasteiger partial charge in [-0.2, -0.15) is 0 Å². The van der Waals surface area contributed by atoms with Gasteiger partial charge in [-0.1, -0.05) is 0 Å². The summed E-state index contributed by atoms with van der Waals surface area (Å²) in [5.41, 5.74) is 6.29. The Kier molecular flexibility index (Phi) is 5.16. The van der Waals surface area contributed by atoms with Gasteiger partial charge in [0.25, 0.3) is 0 Å². The Bertz CT molecular complexity index is 478. The lowest BCUT2D eigenvalue weighted by Gasteiger charge is -2.08. The van der Waals surface area contributed by atoms with Crippen molar-refractivity contribution in [2.45, 2.75) is 6.42 Å². The number of pyridine rings is 1. The topological polar surface area (TPSA) is 97.1 Å². The average molecular weight is 323 g/mol. The number of halogens is 1. The van der Waals surface area contributed by atoms with E-state index in [0.717, 1.165) is 10.7 Å². The summed E-state index contributed by atoms with van der Waals surface area (Å²) in [4.78, 5) is 4.10. The predicted octanol–water partition coefficient (Wildman–Crippen LogP) is 0.777. The van der Waals surface area contributed by atoms with E-state index in [1.807, 2.05) is 0 Å². The fourth-order valence-electron chi connectivity index (χ4n) is 1.16. The number of hydrogen-bond donors (Lipinski definition) is 3. The molecule has 0 spiro atoms. The second-order valence-corrected chi connectivity index (χ2v) is 6.29. The fraction of sp³-hybridized carbons (Fsp3) is 0.444. The zero-order valence-electron chi connectivity index (χ0n) is 9.40. The Hall–Kier alpha value is -0.860. The van der Waals surface area contributed by atoms with Crippen LogP contribution in [0.5, 0.6) is 0 Å². The normalized spacial score (nSPS) is 11.4. The maximum absolute atomic E-state index is 10.8. The number of hydrogen-bond acceptors (Lipinski definition) is 5. The summed E-state index contributed by atoms with van der Waals surface area (Å²) in [5.74, 6) is 0.604. The monoisotopic (exact) mass is 322 g/mol. The lowest BCUT2D eigenvalue weighted by atomic mass is 10.3. The van der Waals surface area contributed by atoms with E-state index >= 15 is 0 Å². The van der Waals surface area contributed by atoms with Crippen molar-refractivity contribution >= 4 is 37.5 Å². The maximum Gasteiger partial charge on any atom is 0.208 e. The van der Waals surface area contributed by atoms with Gasteiger partial charge < -0.3 is 11.1 Å². The molecule has 0 aromatic carbocycles. The van der Waals surface area contributed by atoms with Gasteiger partial charge >= 0.3 is 0 Å². The van der Waals surface area contributed by atoms with Crippen LogP contribution in [0.2, 0.25) is 0 Å². The zero-order valence-corrected chi connectivity index (χ0v) is 11.8. The van der Waals surface area contributed by atoms with Crippen molar-refractivity contribution in [1.82, 2.24) is 9.71 Å². The van der Waals surface area contributed by atoms with E-state index in [1.54, 1.807) is 12.3 Å². The standard InChI is InChI=1S/C9H15BrN4O2S/c1-17(15,16)14-4-2-3-12-9-8(11)5-7(10)6-13-9/h5-6,14H,2-4,11H2,1H3,(H,12,13). The number of nitrogens with two attached hydrogens (primary N) is 1. The van der Waals surface area contributed by atoms with Gasteiger partial charge in [-0.05, 0) is 28.4 Å². The molecule has 6 nitrogen and oxygen atoms in total. The minimum atomic E-state index is -3.11. The highest BCUT2D eigenvalue weighted by atomic mass is 79.9. The van der Waals surface area contributed by atoms with Crippen molar-refractivity contribution in [2.75, 3.05) is 30.4 Å². The molecule has 96 valence electrons. The highest BCUT2D eigenvalue weighted by Gasteiger charge is 2.01. The predicted molar refractivity (Wildman–Crippen MR) is 72.3 cm³/mol. The molecular formula is C9H15BrN4O2S. The van der Waals surface area contributed by atoms with Crippen LogP contribution in [0, 0.1) is 0 Å². The molecule has 0 aliphatic carbocycles. The van der Waals surface area contributed by atoms with Gasteiger partial charge in [-0.3, -0.25) is 0 Å². The van der Waals surface area contributed by atoms with E-state index in [-0.39, 0.29) is 0 Å². The van der Waals surface area contributed by atoms with Crippen LogP contribution in [0.25, 0.3) is 0 Å². The quantitative estimate of drug-likeness (QED) is 0.672. The van der Waals surface area contributed by atoms with Crippen molar-refractivity contribution in [2.24, 2.45) is 0 Å². The number of rotatable bonds is 6. The molecule has 0 amide bonds. The van der Waals surface area contributed by atoms with E-state index in [2.05, 4.69) is 31.0 Å². The maximum atomic E-state index is 10.8. The molecule has 8 heteroatoms. The second kappa shape index (κ2) is 6.18. The first kappa shape index (κ1) is 14.2. The molecule has 1 rings (SSSR count). The van der Waals surface area contributed by atoms with Gasteiger partial charge in [0.2, 0.25) is 10.0 Å². The molecule has 4 N–H and O–H groups in total. The molecule has 1 heterocycles. The van der Waals surface area contributed by atoms with E-state index in [0.29, 0.717) is 31.0 Å². The van der Waals surface area contributed by atoms with E-state index in [9.17, 15) is 8.42 Å². The molecular weight excluding hydrogens is 308 g/mol. The SMILES string of the molecule is CS(=O)(=O)NCCCNc1ncc(Br)cc1N. The van der Waals surface area contributed by atoms with E-state index < -0.39 is 10.0 Å². The Labute approximate surface area is 109 Å². The molecule has 0 atom stereocenters. The third-order valence-corrected chi connectivity index (χ3v) is 3.06. The molecule has 0 saturated carbocycles. The van der Waals surface area contributed by atoms with Crippen LogP contribution in [-0.2, 0) is 10.0 Å². The average Bonchev–Trinajstić information content (AvgIpc) is 2.18. The fourth-order valence-corrected chi connectivity index (χ4v) is 2.02. The first-order valence-electron chi connectivity index (χ1n) is 4.98. The lowest BCUT2D eigenvalue weighted by molar-refractivity contribution is 0.586. The minimum absolute atomic E-state index is 0.391. The van der Waals surface area contributed by atoms with Crippen molar-refractivity contribution < 1.29 is 8.42 Å². The largest absolute Gasteiger partial charge is 0.396 e. The number of nitrogen functional groups attached to an aromatic ring is 1. The summed E-state index contributed by atoms with van der Waals surface area (Å²) in [6, 6.07) is 1.75. The number of anilines is 2. The molecule has 17 heavy (non-hydrogen) atoms. The number of sulfonamides is 1. The Morgan fingerprint density at radius 2 is 2.18 bits per heavy atom. The molecule has 0 radical (unpaired) electrons. The third kappa shape index (κ3) is 5.85. The van der Waals surface area contributed by atoms with Gasteiger partial charge in [-0.25, -0.2) is 18.1 Å². The summed E-state index contributed by atoms with van der Waals surface area (Å²) >= 11 is 3.26. The first-order chi connectivity index (χ1) is 7.88. The summed E-state index contributed by atoms with van der Waals surface area (Å²) in [7, 11) is -3.11. The molecule has 1 aromatic heterocycles. The smallest absolute Gasteiger partial charge is 0.208 e. The summed E-state index contributed by atoms with van der Waals surface area (Å²) in [6.07, 6.45) is 3.44. The van der Waals surface area contributed by atoms with Crippen molar-refractivity contribution in [1.29, 1.82) is 0 Å². The molecule has 1 aromatic rings. The van der Waals surface area contributed by atoms with Gasteiger partial charge in [0.05, 0.1) is 11.9 Å². The number of nitrogens with zero attached hydrogens (tertiary/aromatic N) is 1. The highest BCUT2D eigenvalue weighted by Crippen LogP contribution is 2.19. The Balaban J connectivity index is 2.32. The first-order valence-corrected chi connectivity index (χ1v) is 7.66. The summed E-state index contributed by atoms with van der Waals surface area (Å²) in [5, 5.41) is 3.03. The van der Waals surface area contributed by atoms with Crippen LogP contribution in [0.4, 0.5) is 11.5 Å². The van der Waals surface area contributed by atoms with Crippen LogP contribution in [0.15, 0.2) is 16.7 Å². The van der Waals surface area contributed by atoms with Crippen LogP contribution >= 0.6 is 15.9 Å². The molecule has 0 bridgehead atoms. The van der Waals surface area contributed by atoms with Gasteiger partial charge in [0.15, 0.2) is 0 Å². The van der Waals surface area contributed by atoms with Crippen LogP contribution in [0.1, 0.15) is 6.42 Å². The lowest BCUT2D eigenvalue weighted by Crippen LogP contribution is -2.24. The van der Waals surface area contributed by atoms with Gasteiger partial charge in [0, 0.05) is 23.8 Å². The van der Waals surface area contributed by atoms with Gasteiger partial charge in [-0.15, -0.1) is 0 Å².